The molecule has 0 saturated carbocycles. The minimum absolute atomic E-state index is 0.0957. The van der Waals surface area contributed by atoms with Gasteiger partial charge in [-0.25, -0.2) is 4.98 Å². The van der Waals surface area contributed by atoms with Gasteiger partial charge in [0.1, 0.15) is 0 Å². The van der Waals surface area contributed by atoms with E-state index in [2.05, 4.69) is 31.5 Å². The molecule has 0 aliphatic carbocycles. The molecule has 0 spiro atoms. The van der Waals surface area contributed by atoms with Gasteiger partial charge in [0.05, 0.1) is 12.1 Å². The first-order valence-corrected chi connectivity index (χ1v) is 10.5. The molecule has 28 heavy (non-hydrogen) atoms. The molecule has 0 atom stereocenters. The van der Waals surface area contributed by atoms with Gasteiger partial charge in [0, 0.05) is 27.9 Å². The van der Waals surface area contributed by atoms with Crippen LogP contribution in [0.25, 0.3) is 11.3 Å². The summed E-state index contributed by atoms with van der Waals surface area (Å²) < 4.78 is 1.01. The summed E-state index contributed by atoms with van der Waals surface area (Å²) in [5.41, 5.74) is 2.82. The van der Waals surface area contributed by atoms with Gasteiger partial charge in [-0.2, -0.15) is 0 Å². The average molecular weight is 458 g/mol. The lowest BCUT2D eigenvalue weighted by Crippen LogP contribution is -2.28. The molecule has 144 valence electrons. The number of aryl methyl sites for hydroxylation is 1. The second kappa shape index (κ2) is 9.61. The van der Waals surface area contributed by atoms with Gasteiger partial charge >= 0.3 is 0 Å². The molecule has 0 bridgehead atoms. The summed E-state index contributed by atoms with van der Waals surface area (Å²) in [6, 6.07) is 17.4. The normalized spacial score (nSPS) is 10.5. The Morgan fingerprint density at radius 3 is 2.46 bits per heavy atom. The van der Waals surface area contributed by atoms with Crippen LogP contribution in [0.3, 0.4) is 0 Å². The van der Waals surface area contributed by atoms with Gasteiger partial charge in [-0.3, -0.25) is 9.59 Å². The maximum Gasteiger partial charge on any atom is 0.227 e. The van der Waals surface area contributed by atoms with Crippen molar-refractivity contribution in [2.45, 2.75) is 19.8 Å². The zero-order chi connectivity index (χ0) is 19.9. The van der Waals surface area contributed by atoms with E-state index in [4.69, 9.17) is 0 Å². The van der Waals surface area contributed by atoms with Crippen molar-refractivity contribution in [1.82, 2.24) is 10.3 Å². The quantitative estimate of drug-likeness (QED) is 0.545. The molecule has 2 N–H and O–H groups in total. The molecule has 2 aromatic carbocycles. The molecule has 1 aromatic heterocycles. The van der Waals surface area contributed by atoms with E-state index in [-0.39, 0.29) is 18.2 Å². The van der Waals surface area contributed by atoms with Gasteiger partial charge in [0.15, 0.2) is 5.13 Å². The number of nitrogens with zero attached hydrogens (tertiary/aromatic N) is 1. The van der Waals surface area contributed by atoms with Crippen LogP contribution in [0.5, 0.6) is 0 Å². The third-order valence-electron chi connectivity index (χ3n) is 4.04. The maximum absolute atomic E-state index is 12.2. The first-order chi connectivity index (χ1) is 13.5. The Labute approximate surface area is 176 Å². The van der Waals surface area contributed by atoms with Crippen molar-refractivity contribution >= 4 is 44.2 Å². The molecule has 1 heterocycles. The molecule has 5 nitrogen and oxygen atoms in total. The van der Waals surface area contributed by atoms with E-state index < -0.39 is 0 Å². The molecule has 2 amide bonds. The predicted molar refractivity (Wildman–Crippen MR) is 116 cm³/mol. The van der Waals surface area contributed by atoms with Crippen LogP contribution in [0.2, 0.25) is 0 Å². The van der Waals surface area contributed by atoms with Crippen LogP contribution in [0.4, 0.5) is 5.13 Å². The Hall–Kier alpha value is -2.51. The van der Waals surface area contributed by atoms with Crippen molar-refractivity contribution in [3.8, 4) is 11.3 Å². The number of carbonyl (C=O) groups is 2. The van der Waals surface area contributed by atoms with Gasteiger partial charge in [-0.1, -0.05) is 58.4 Å². The molecule has 0 saturated heterocycles. The fourth-order valence-electron chi connectivity index (χ4n) is 2.67. The number of rotatable bonds is 7. The Balaban J connectivity index is 1.48. The number of thiazole rings is 1. The van der Waals surface area contributed by atoms with Crippen LogP contribution >= 0.6 is 27.3 Å². The highest BCUT2D eigenvalue weighted by Crippen LogP contribution is 2.31. The molecular formula is C21H20BrN3O2S. The van der Waals surface area contributed by atoms with Crippen molar-refractivity contribution in [2.24, 2.45) is 0 Å². The summed E-state index contributed by atoms with van der Waals surface area (Å²) in [7, 11) is 0. The van der Waals surface area contributed by atoms with E-state index >= 15 is 0 Å². The van der Waals surface area contributed by atoms with Crippen LogP contribution < -0.4 is 10.6 Å². The van der Waals surface area contributed by atoms with Gasteiger partial charge in [0.2, 0.25) is 11.8 Å². The number of hydrogen-bond donors (Lipinski definition) is 2. The molecule has 0 fully saturated rings. The van der Waals surface area contributed by atoms with Gasteiger partial charge in [-0.05, 0) is 24.6 Å². The van der Waals surface area contributed by atoms with E-state index in [0.717, 1.165) is 26.2 Å². The van der Waals surface area contributed by atoms with Gasteiger partial charge in [-0.15, -0.1) is 11.3 Å². The summed E-state index contributed by atoms with van der Waals surface area (Å²) in [5, 5.41) is 6.16. The summed E-state index contributed by atoms with van der Waals surface area (Å²) in [6.07, 6.45) is 0.511. The SMILES string of the molecule is Cc1sc(NC(=O)CCNC(=O)Cc2ccccc2)nc1-c1ccc(Br)cc1. The summed E-state index contributed by atoms with van der Waals surface area (Å²) in [6.45, 7) is 2.27. The highest BCUT2D eigenvalue weighted by molar-refractivity contribution is 9.10. The third-order valence-corrected chi connectivity index (χ3v) is 5.46. The number of amides is 2. The monoisotopic (exact) mass is 457 g/mol. The zero-order valence-electron chi connectivity index (χ0n) is 15.4. The molecule has 0 aliphatic rings. The van der Waals surface area contributed by atoms with Crippen LogP contribution in [0, 0.1) is 6.92 Å². The highest BCUT2D eigenvalue weighted by atomic mass is 79.9. The third kappa shape index (κ3) is 5.74. The van der Waals surface area contributed by atoms with E-state index in [9.17, 15) is 9.59 Å². The number of benzene rings is 2. The highest BCUT2D eigenvalue weighted by Gasteiger charge is 2.12. The number of carbonyl (C=O) groups excluding carboxylic acids is 2. The molecule has 0 radical (unpaired) electrons. The lowest BCUT2D eigenvalue weighted by molar-refractivity contribution is -0.120. The number of halogens is 1. The molecule has 3 rings (SSSR count). The average Bonchev–Trinajstić information content (AvgIpc) is 3.03. The number of nitrogens with one attached hydrogen (secondary N) is 2. The number of hydrogen-bond acceptors (Lipinski definition) is 4. The minimum atomic E-state index is -0.170. The van der Waals surface area contributed by atoms with Gasteiger partial charge < -0.3 is 10.6 Å². The Morgan fingerprint density at radius 1 is 1.04 bits per heavy atom. The molecule has 0 unspecified atom stereocenters. The number of anilines is 1. The topological polar surface area (TPSA) is 71.1 Å². The standard InChI is InChI=1S/C21H20BrN3O2S/c1-14-20(16-7-9-17(22)10-8-16)25-21(28-14)24-18(26)11-12-23-19(27)13-15-5-3-2-4-6-15/h2-10H,11-13H2,1H3,(H,23,27)(H,24,25,26). The van der Waals surface area contributed by atoms with E-state index in [1.807, 2.05) is 61.5 Å². The van der Waals surface area contributed by atoms with Crippen LogP contribution in [-0.2, 0) is 16.0 Å². The zero-order valence-corrected chi connectivity index (χ0v) is 17.8. The first-order valence-electron chi connectivity index (χ1n) is 8.85. The Morgan fingerprint density at radius 2 is 1.75 bits per heavy atom. The Bertz CT molecular complexity index is 956. The Kier molecular flexibility index (Phi) is 6.95. The fourth-order valence-corrected chi connectivity index (χ4v) is 3.78. The summed E-state index contributed by atoms with van der Waals surface area (Å²) in [5.74, 6) is -0.266. The summed E-state index contributed by atoms with van der Waals surface area (Å²) in [4.78, 5) is 29.6. The van der Waals surface area contributed by atoms with Crippen LogP contribution in [0.1, 0.15) is 16.9 Å². The largest absolute Gasteiger partial charge is 0.355 e. The lowest BCUT2D eigenvalue weighted by Gasteiger charge is -2.05. The van der Waals surface area contributed by atoms with Crippen molar-refractivity contribution in [3.63, 3.8) is 0 Å². The lowest BCUT2D eigenvalue weighted by atomic mass is 10.1. The van der Waals surface area contributed by atoms with Crippen LogP contribution in [-0.4, -0.2) is 23.3 Å². The molecule has 3 aromatic rings. The smallest absolute Gasteiger partial charge is 0.227 e. The molecular weight excluding hydrogens is 438 g/mol. The molecule has 0 aliphatic heterocycles. The fraction of sp³-hybridized carbons (Fsp3) is 0.190. The second-order valence-electron chi connectivity index (χ2n) is 6.24. The van der Waals surface area contributed by atoms with E-state index in [1.165, 1.54) is 11.3 Å². The van der Waals surface area contributed by atoms with Crippen molar-refractivity contribution < 1.29 is 9.59 Å². The summed E-state index contributed by atoms with van der Waals surface area (Å²) >= 11 is 4.86. The van der Waals surface area contributed by atoms with Crippen molar-refractivity contribution in [2.75, 3.05) is 11.9 Å². The predicted octanol–water partition coefficient (Wildman–Crippen LogP) is 4.57. The second-order valence-corrected chi connectivity index (χ2v) is 8.36. The van der Waals surface area contributed by atoms with E-state index in [0.29, 0.717) is 18.1 Å². The van der Waals surface area contributed by atoms with E-state index in [1.54, 1.807) is 0 Å². The first kappa shape index (κ1) is 20.2. The van der Waals surface area contributed by atoms with Gasteiger partial charge in [0.25, 0.3) is 0 Å². The minimum Gasteiger partial charge on any atom is -0.355 e. The van der Waals surface area contributed by atoms with Crippen molar-refractivity contribution in [1.29, 1.82) is 0 Å². The maximum atomic E-state index is 12.2. The number of aromatic nitrogens is 1. The van der Waals surface area contributed by atoms with Crippen LogP contribution in [0.15, 0.2) is 59.1 Å². The molecule has 7 heteroatoms. The van der Waals surface area contributed by atoms with Crippen molar-refractivity contribution in [3.05, 3.63) is 69.5 Å².